The molecule has 2 rings (SSSR count). The highest BCUT2D eigenvalue weighted by Gasteiger charge is 2.33. The third kappa shape index (κ3) is 2.38. The molecule has 82 valence electrons. The molecule has 1 N–H and O–H groups in total. The number of pyridine rings is 1. The molecule has 0 saturated carbocycles. The summed E-state index contributed by atoms with van der Waals surface area (Å²) in [6.07, 6.45) is -3.35. The van der Waals surface area contributed by atoms with Gasteiger partial charge < -0.3 is 10.1 Å². The van der Waals surface area contributed by atoms with Crippen LogP contribution in [0.25, 0.3) is 0 Å². The van der Waals surface area contributed by atoms with E-state index < -0.39 is 11.9 Å². The van der Waals surface area contributed by atoms with Crippen LogP contribution in [0.2, 0.25) is 0 Å². The highest BCUT2D eigenvalue weighted by atomic mass is 19.4. The normalized spacial score (nSPS) is 17.3. The Morgan fingerprint density at radius 2 is 2.13 bits per heavy atom. The summed E-state index contributed by atoms with van der Waals surface area (Å²) in [5.74, 6) is 0.212. The number of hydrogen-bond donors (Lipinski definition) is 1. The molecule has 1 aliphatic rings. The van der Waals surface area contributed by atoms with Crippen LogP contribution in [-0.2, 0) is 6.18 Å². The minimum atomic E-state index is -4.42. The first-order valence-corrected chi connectivity index (χ1v) is 4.46. The van der Waals surface area contributed by atoms with Crippen molar-refractivity contribution >= 4 is 0 Å². The molecule has 1 saturated heterocycles. The summed E-state index contributed by atoms with van der Waals surface area (Å²) in [6.45, 7) is 1.34. The van der Waals surface area contributed by atoms with E-state index in [0.29, 0.717) is 13.1 Å². The summed E-state index contributed by atoms with van der Waals surface area (Å²) < 4.78 is 42.1. The lowest BCUT2D eigenvalue weighted by Crippen LogP contribution is -2.50. The Hall–Kier alpha value is -1.30. The highest BCUT2D eigenvalue weighted by molar-refractivity contribution is 5.24. The van der Waals surface area contributed by atoms with Crippen LogP contribution in [0.15, 0.2) is 18.3 Å². The summed E-state index contributed by atoms with van der Waals surface area (Å²) in [5, 5.41) is 2.96. The predicted molar refractivity (Wildman–Crippen MR) is 46.5 cm³/mol. The van der Waals surface area contributed by atoms with Crippen LogP contribution in [0.1, 0.15) is 5.69 Å². The second-order valence-corrected chi connectivity index (χ2v) is 3.27. The molecule has 0 radical (unpaired) electrons. The number of halogens is 3. The van der Waals surface area contributed by atoms with E-state index in [1.54, 1.807) is 0 Å². The standard InChI is InChI=1S/C9H9F3N2O/c10-9(11,12)8-3-6(1-2-14-8)15-7-4-13-5-7/h1-3,7,13H,4-5H2. The molecule has 0 aliphatic carbocycles. The summed E-state index contributed by atoms with van der Waals surface area (Å²) in [5.41, 5.74) is -0.924. The van der Waals surface area contributed by atoms with Crippen LogP contribution in [0.4, 0.5) is 13.2 Å². The fourth-order valence-corrected chi connectivity index (χ4v) is 1.18. The molecule has 1 aromatic heterocycles. The Balaban J connectivity index is 2.11. The van der Waals surface area contributed by atoms with Gasteiger partial charge >= 0.3 is 6.18 Å². The fraction of sp³-hybridized carbons (Fsp3) is 0.444. The van der Waals surface area contributed by atoms with Crippen molar-refractivity contribution in [1.29, 1.82) is 0 Å². The Bertz CT molecular complexity index is 349. The molecule has 2 heterocycles. The van der Waals surface area contributed by atoms with Gasteiger partial charge in [-0.2, -0.15) is 13.2 Å². The van der Waals surface area contributed by atoms with Crippen molar-refractivity contribution in [2.24, 2.45) is 0 Å². The topological polar surface area (TPSA) is 34.1 Å². The zero-order chi connectivity index (χ0) is 10.9. The first-order chi connectivity index (χ1) is 7.05. The van der Waals surface area contributed by atoms with Gasteiger partial charge in [0.15, 0.2) is 0 Å². The van der Waals surface area contributed by atoms with Gasteiger partial charge in [0.25, 0.3) is 0 Å². The lowest BCUT2D eigenvalue weighted by Gasteiger charge is -2.27. The number of rotatable bonds is 2. The maximum Gasteiger partial charge on any atom is 0.433 e. The lowest BCUT2D eigenvalue weighted by molar-refractivity contribution is -0.141. The van der Waals surface area contributed by atoms with Gasteiger partial charge in [0.2, 0.25) is 0 Å². The molecule has 1 aromatic rings. The summed E-state index contributed by atoms with van der Waals surface area (Å²) in [7, 11) is 0. The summed E-state index contributed by atoms with van der Waals surface area (Å²) >= 11 is 0. The van der Waals surface area contributed by atoms with E-state index in [1.165, 1.54) is 6.07 Å². The van der Waals surface area contributed by atoms with Crippen molar-refractivity contribution in [2.45, 2.75) is 12.3 Å². The molecule has 6 heteroatoms. The first kappa shape index (κ1) is 10.2. The smallest absolute Gasteiger partial charge is 0.433 e. The van der Waals surface area contributed by atoms with Crippen molar-refractivity contribution in [3.05, 3.63) is 24.0 Å². The number of hydrogen-bond acceptors (Lipinski definition) is 3. The van der Waals surface area contributed by atoms with Crippen LogP contribution in [0.5, 0.6) is 5.75 Å². The fourth-order valence-electron chi connectivity index (χ4n) is 1.18. The van der Waals surface area contributed by atoms with Crippen molar-refractivity contribution in [1.82, 2.24) is 10.3 Å². The average Bonchev–Trinajstić information content (AvgIpc) is 2.11. The van der Waals surface area contributed by atoms with Gasteiger partial charge in [0.1, 0.15) is 17.5 Å². The molecular formula is C9H9F3N2O. The van der Waals surface area contributed by atoms with E-state index in [4.69, 9.17) is 4.74 Å². The predicted octanol–water partition coefficient (Wildman–Crippen LogP) is 1.45. The quantitative estimate of drug-likeness (QED) is 0.815. The monoisotopic (exact) mass is 218 g/mol. The lowest BCUT2D eigenvalue weighted by atomic mass is 10.2. The number of aromatic nitrogens is 1. The molecule has 15 heavy (non-hydrogen) atoms. The molecule has 3 nitrogen and oxygen atoms in total. The maximum absolute atomic E-state index is 12.3. The first-order valence-electron chi connectivity index (χ1n) is 4.46. The average molecular weight is 218 g/mol. The molecule has 1 fully saturated rings. The number of alkyl halides is 3. The van der Waals surface area contributed by atoms with Crippen LogP contribution >= 0.6 is 0 Å². The van der Waals surface area contributed by atoms with Gasteiger partial charge in [0.05, 0.1) is 0 Å². The van der Waals surface area contributed by atoms with Gasteiger partial charge in [-0.25, -0.2) is 0 Å². The van der Waals surface area contributed by atoms with Crippen molar-refractivity contribution in [3.8, 4) is 5.75 Å². The van der Waals surface area contributed by atoms with Gasteiger partial charge in [-0.05, 0) is 6.07 Å². The second-order valence-electron chi connectivity index (χ2n) is 3.27. The second kappa shape index (κ2) is 3.69. The highest BCUT2D eigenvalue weighted by Crippen LogP contribution is 2.29. The van der Waals surface area contributed by atoms with Crippen LogP contribution in [0, 0.1) is 0 Å². The number of nitrogens with one attached hydrogen (secondary N) is 1. The Kier molecular flexibility index (Phi) is 2.52. The Morgan fingerprint density at radius 1 is 1.40 bits per heavy atom. The molecular weight excluding hydrogens is 209 g/mol. The van der Waals surface area contributed by atoms with E-state index in [2.05, 4.69) is 10.3 Å². The van der Waals surface area contributed by atoms with Gasteiger partial charge in [-0.3, -0.25) is 4.98 Å². The maximum atomic E-state index is 12.3. The van der Waals surface area contributed by atoms with Crippen molar-refractivity contribution in [3.63, 3.8) is 0 Å². The zero-order valence-electron chi connectivity index (χ0n) is 7.71. The number of ether oxygens (including phenoxy) is 1. The minimum Gasteiger partial charge on any atom is -0.488 e. The van der Waals surface area contributed by atoms with E-state index in [9.17, 15) is 13.2 Å². The van der Waals surface area contributed by atoms with E-state index in [-0.39, 0.29) is 11.9 Å². The molecule has 0 amide bonds. The molecule has 0 spiro atoms. The van der Waals surface area contributed by atoms with Crippen molar-refractivity contribution in [2.75, 3.05) is 13.1 Å². The van der Waals surface area contributed by atoms with Crippen LogP contribution in [-0.4, -0.2) is 24.2 Å². The molecule has 1 aliphatic heterocycles. The van der Waals surface area contributed by atoms with Gasteiger partial charge in [-0.1, -0.05) is 0 Å². The number of nitrogens with zero attached hydrogens (tertiary/aromatic N) is 1. The van der Waals surface area contributed by atoms with E-state index >= 15 is 0 Å². The third-order valence-electron chi connectivity index (χ3n) is 2.07. The van der Waals surface area contributed by atoms with E-state index in [0.717, 1.165) is 12.3 Å². The summed E-state index contributed by atoms with van der Waals surface area (Å²) in [6, 6.07) is 2.34. The summed E-state index contributed by atoms with van der Waals surface area (Å²) in [4.78, 5) is 3.24. The molecule has 0 atom stereocenters. The Morgan fingerprint density at radius 3 is 2.67 bits per heavy atom. The molecule has 0 bridgehead atoms. The van der Waals surface area contributed by atoms with Crippen molar-refractivity contribution < 1.29 is 17.9 Å². The van der Waals surface area contributed by atoms with Gasteiger partial charge in [-0.15, -0.1) is 0 Å². The zero-order valence-corrected chi connectivity index (χ0v) is 7.71. The molecule has 0 unspecified atom stereocenters. The minimum absolute atomic E-state index is 0.0338. The SMILES string of the molecule is FC(F)(F)c1cc(OC2CNC2)ccn1. The third-order valence-corrected chi connectivity index (χ3v) is 2.07. The van der Waals surface area contributed by atoms with Crippen LogP contribution < -0.4 is 10.1 Å². The molecule has 0 aromatic carbocycles. The van der Waals surface area contributed by atoms with E-state index in [1.807, 2.05) is 0 Å². The largest absolute Gasteiger partial charge is 0.488 e. The Labute approximate surface area is 84.3 Å². The van der Waals surface area contributed by atoms with Gasteiger partial charge in [0, 0.05) is 25.4 Å². The van der Waals surface area contributed by atoms with Crippen LogP contribution in [0.3, 0.4) is 0 Å².